The number of carbonyl (C=O) groups excluding carboxylic acids is 2. The Kier molecular flexibility index (Phi) is 6.85. The Morgan fingerprint density at radius 1 is 1.16 bits per heavy atom. The van der Waals surface area contributed by atoms with Gasteiger partial charge in [0.15, 0.2) is 0 Å². The van der Waals surface area contributed by atoms with E-state index in [1.165, 1.54) is 11.1 Å². The Hall–Kier alpha value is -2.08. The van der Waals surface area contributed by atoms with Gasteiger partial charge in [-0.15, -0.1) is 0 Å². The molecule has 3 aliphatic rings. The highest BCUT2D eigenvalue weighted by Crippen LogP contribution is 2.50. The van der Waals surface area contributed by atoms with Gasteiger partial charge in [-0.1, -0.05) is 31.2 Å². The molecule has 172 valence electrons. The fourth-order valence-electron chi connectivity index (χ4n) is 5.85. The van der Waals surface area contributed by atoms with Gasteiger partial charge >= 0.3 is 6.09 Å². The molecule has 1 spiro atoms. The van der Waals surface area contributed by atoms with Crippen LogP contribution in [0, 0.1) is 5.92 Å². The van der Waals surface area contributed by atoms with Crippen LogP contribution < -0.4 is 5.32 Å². The van der Waals surface area contributed by atoms with Gasteiger partial charge in [-0.05, 0) is 68.7 Å². The van der Waals surface area contributed by atoms with Gasteiger partial charge in [-0.2, -0.15) is 0 Å². The number of hydrogen-bond acceptors (Lipinski definition) is 4. The minimum Gasteiger partial charge on any atom is -0.449 e. The van der Waals surface area contributed by atoms with Crippen molar-refractivity contribution in [2.75, 3.05) is 39.3 Å². The number of amides is 2. The lowest BCUT2D eigenvalue weighted by Gasteiger charge is -2.42. The summed E-state index contributed by atoms with van der Waals surface area (Å²) < 4.78 is 5.28. The lowest BCUT2D eigenvalue weighted by molar-refractivity contribution is -0.119. The van der Waals surface area contributed by atoms with Crippen molar-refractivity contribution in [3.63, 3.8) is 0 Å². The van der Waals surface area contributed by atoms with Crippen molar-refractivity contribution >= 4 is 12.0 Å². The Balaban J connectivity index is 0.00000289. The molecular weight excluding hydrogens is 390 g/mol. The average molecular weight is 430 g/mol. The standard InChI is InChI=1S/C25H37N3O3.H2/c1-3-16-31-24(30)28-12-8-20(9-13-28)18-27-14-10-25(11-15-27)17-23(26-19(2)29)21-6-4-5-7-22(21)25;/h4-7,20,23H,3,8-18H2,1-2H3,(H,26,29);1H/t23-;/m0./s1. The zero-order valence-electron chi connectivity index (χ0n) is 19.1. The largest absolute Gasteiger partial charge is 0.449 e. The molecule has 4 rings (SSSR count). The summed E-state index contributed by atoms with van der Waals surface area (Å²) in [6, 6.07) is 8.85. The highest BCUT2D eigenvalue weighted by molar-refractivity contribution is 5.74. The minimum absolute atomic E-state index is 0. The summed E-state index contributed by atoms with van der Waals surface area (Å²) in [5.41, 5.74) is 2.97. The average Bonchev–Trinajstić information content (AvgIpc) is 3.07. The van der Waals surface area contributed by atoms with Gasteiger partial charge in [0, 0.05) is 33.4 Å². The number of nitrogens with one attached hydrogen (secondary N) is 1. The number of fused-ring (bicyclic) bond motifs is 2. The maximum Gasteiger partial charge on any atom is 0.409 e. The van der Waals surface area contributed by atoms with E-state index < -0.39 is 0 Å². The van der Waals surface area contributed by atoms with Crippen LogP contribution in [-0.2, 0) is 14.9 Å². The number of nitrogens with zero attached hydrogens (tertiary/aromatic N) is 2. The molecule has 2 amide bonds. The normalized spacial score (nSPS) is 23.5. The second kappa shape index (κ2) is 9.60. The number of benzene rings is 1. The molecule has 1 atom stereocenters. The van der Waals surface area contributed by atoms with Crippen molar-refractivity contribution in [3.05, 3.63) is 35.4 Å². The van der Waals surface area contributed by atoms with Crippen molar-refractivity contribution in [1.82, 2.24) is 15.1 Å². The molecule has 2 heterocycles. The molecule has 2 saturated heterocycles. The summed E-state index contributed by atoms with van der Waals surface area (Å²) in [5, 5.41) is 3.18. The summed E-state index contributed by atoms with van der Waals surface area (Å²) in [4.78, 5) is 28.3. The fourth-order valence-corrected chi connectivity index (χ4v) is 5.85. The molecule has 0 aromatic heterocycles. The maximum absolute atomic E-state index is 12.1. The van der Waals surface area contributed by atoms with E-state index in [0.717, 1.165) is 71.2 Å². The molecule has 2 fully saturated rings. The molecule has 0 bridgehead atoms. The summed E-state index contributed by atoms with van der Waals surface area (Å²) >= 11 is 0. The van der Waals surface area contributed by atoms with E-state index in [1.54, 1.807) is 6.92 Å². The van der Waals surface area contributed by atoms with Crippen molar-refractivity contribution in [2.24, 2.45) is 5.92 Å². The summed E-state index contributed by atoms with van der Waals surface area (Å²) in [7, 11) is 0. The first-order chi connectivity index (χ1) is 15.0. The SMILES string of the molecule is CCCOC(=O)N1CCC(CN2CCC3(CC2)C[C@H](NC(C)=O)c2ccccc23)CC1.[HH]. The molecule has 0 saturated carbocycles. The van der Waals surface area contributed by atoms with Crippen LogP contribution in [0.5, 0.6) is 0 Å². The number of rotatable bonds is 5. The topological polar surface area (TPSA) is 61.9 Å². The van der Waals surface area contributed by atoms with Crippen LogP contribution in [0.3, 0.4) is 0 Å². The van der Waals surface area contributed by atoms with Crippen LogP contribution in [0.4, 0.5) is 4.79 Å². The van der Waals surface area contributed by atoms with Crippen molar-refractivity contribution in [3.8, 4) is 0 Å². The Morgan fingerprint density at radius 2 is 1.87 bits per heavy atom. The first-order valence-corrected chi connectivity index (χ1v) is 12.0. The Labute approximate surface area is 187 Å². The van der Waals surface area contributed by atoms with Gasteiger partial charge in [0.05, 0.1) is 12.6 Å². The molecule has 1 aromatic carbocycles. The number of piperidine rings is 2. The molecule has 6 nitrogen and oxygen atoms in total. The number of ether oxygens (including phenoxy) is 1. The van der Waals surface area contributed by atoms with E-state index in [9.17, 15) is 9.59 Å². The Bertz CT molecular complexity index is 786. The second-order valence-electron chi connectivity index (χ2n) is 9.67. The molecular formula is C25H39N3O3. The quantitative estimate of drug-likeness (QED) is 0.765. The summed E-state index contributed by atoms with van der Waals surface area (Å²) in [5.74, 6) is 0.714. The van der Waals surface area contributed by atoms with E-state index >= 15 is 0 Å². The van der Waals surface area contributed by atoms with Crippen molar-refractivity contribution < 1.29 is 15.8 Å². The molecule has 1 aliphatic carbocycles. The zero-order chi connectivity index (χ0) is 21.8. The third kappa shape index (κ3) is 4.89. The predicted molar refractivity (Wildman–Crippen MR) is 123 cm³/mol. The van der Waals surface area contributed by atoms with Gasteiger partial charge in [-0.25, -0.2) is 4.79 Å². The lowest BCUT2D eigenvalue weighted by atomic mass is 9.73. The van der Waals surface area contributed by atoms with Crippen LogP contribution >= 0.6 is 0 Å². The molecule has 0 radical (unpaired) electrons. The monoisotopic (exact) mass is 429 g/mol. The zero-order valence-corrected chi connectivity index (χ0v) is 19.1. The van der Waals surface area contributed by atoms with E-state index in [1.807, 2.05) is 11.8 Å². The maximum atomic E-state index is 12.1. The van der Waals surface area contributed by atoms with Gasteiger partial charge in [0.2, 0.25) is 5.91 Å². The molecule has 1 aromatic rings. The van der Waals surface area contributed by atoms with Gasteiger partial charge in [0.1, 0.15) is 0 Å². The molecule has 31 heavy (non-hydrogen) atoms. The fraction of sp³-hybridized carbons (Fsp3) is 0.680. The van der Waals surface area contributed by atoms with Crippen molar-refractivity contribution in [1.29, 1.82) is 0 Å². The van der Waals surface area contributed by atoms with E-state index in [0.29, 0.717) is 12.5 Å². The minimum atomic E-state index is -0.145. The third-order valence-electron chi connectivity index (χ3n) is 7.51. The van der Waals surface area contributed by atoms with Crippen LogP contribution in [0.15, 0.2) is 24.3 Å². The van der Waals surface area contributed by atoms with Gasteiger partial charge in [0.25, 0.3) is 0 Å². The molecule has 6 heteroatoms. The highest BCUT2D eigenvalue weighted by Gasteiger charge is 2.45. The number of carbonyl (C=O) groups is 2. The lowest BCUT2D eigenvalue weighted by Crippen LogP contribution is -2.46. The second-order valence-corrected chi connectivity index (χ2v) is 9.67. The molecule has 0 unspecified atom stereocenters. The highest BCUT2D eigenvalue weighted by atomic mass is 16.6. The number of likely N-dealkylation sites (tertiary alicyclic amines) is 2. The number of hydrogen-bond donors (Lipinski definition) is 1. The first-order valence-electron chi connectivity index (χ1n) is 12.0. The van der Waals surface area contributed by atoms with E-state index in [2.05, 4.69) is 34.5 Å². The van der Waals surface area contributed by atoms with Crippen LogP contribution in [0.2, 0.25) is 0 Å². The first kappa shape index (κ1) is 22.1. The predicted octanol–water partition coefficient (Wildman–Crippen LogP) is 4.11. The molecule has 2 aliphatic heterocycles. The van der Waals surface area contributed by atoms with Crippen LogP contribution in [0.1, 0.15) is 71.0 Å². The van der Waals surface area contributed by atoms with Crippen LogP contribution in [-0.4, -0.2) is 61.1 Å². The smallest absolute Gasteiger partial charge is 0.409 e. The summed E-state index contributed by atoms with van der Waals surface area (Å²) in [6.45, 7) is 9.13. The Morgan fingerprint density at radius 3 is 2.55 bits per heavy atom. The van der Waals surface area contributed by atoms with Gasteiger partial charge in [-0.3, -0.25) is 4.79 Å². The van der Waals surface area contributed by atoms with Crippen molar-refractivity contribution in [2.45, 2.75) is 63.8 Å². The molecule has 1 N–H and O–H groups in total. The van der Waals surface area contributed by atoms with Crippen LogP contribution in [0.25, 0.3) is 0 Å². The van der Waals surface area contributed by atoms with Gasteiger partial charge < -0.3 is 19.9 Å². The van der Waals surface area contributed by atoms with E-state index in [-0.39, 0.29) is 24.9 Å². The van der Waals surface area contributed by atoms with E-state index in [4.69, 9.17) is 4.74 Å². The third-order valence-corrected chi connectivity index (χ3v) is 7.51. The summed E-state index contributed by atoms with van der Waals surface area (Å²) in [6.07, 6.45) is 6.19.